The lowest BCUT2D eigenvalue weighted by atomic mass is 9.97. The van der Waals surface area contributed by atoms with Crippen molar-refractivity contribution < 1.29 is 9.84 Å². The fourth-order valence-electron chi connectivity index (χ4n) is 3.45. The van der Waals surface area contributed by atoms with Gasteiger partial charge in [-0.3, -0.25) is 5.32 Å². The number of rotatable bonds is 4. The topological polar surface area (TPSA) is 53.5 Å². The molecule has 0 saturated heterocycles. The van der Waals surface area contributed by atoms with Gasteiger partial charge < -0.3 is 15.2 Å². The fourth-order valence-corrected chi connectivity index (χ4v) is 3.58. The Kier molecular flexibility index (Phi) is 5.24. The first kappa shape index (κ1) is 18.4. The largest absolute Gasteiger partial charge is 0.508 e. The third kappa shape index (κ3) is 3.70. The zero-order chi connectivity index (χ0) is 19.5. The third-order valence-electron chi connectivity index (χ3n) is 4.86. The number of hydrogen-bond acceptors (Lipinski definition) is 4. The number of ether oxygens (including phenoxy) is 1. The minimum Gasteiger partial charge on any atom is -0.508 e. The molecule has 28 heavy (non-hydrogen) atoms. The molecule has 0 fully saturated rings. The molecular formula is C23H21ClN2O2. The summed E-state index contributed by atoms with van der Waals surface area (Å²) in [7, 11) is 1.66. The maximum absolute atomic E-state index is 10.4. The van der Waals surface area contributed by atoms with E-state index >= 15 is 0 Å². The Morgan fingerprint density at radius 1 is 0.893 bits per heavy atom. The monoisotopic (exact) mass is 392 g/mol. The molecule has 1 heterocycles. The number of methoxy groups -OCH3 is 1. The predicted molar refractivity (Wildman–Crippen MR) is 112 cm³/mol. The Bertz CT molecular complexity index is 1000. The number of phenolic OH excluding ortho intramolecular Hbond substituents is 1. The van der Waals surface area contributed by atoms with Crippen molar-refractivity contribution in [3.05, 3.63) is 101 Å². The molecule has 2 atom stereocenters. The van der Waals surface area contributed by atoms with Crippen LogP contribution in [0, 0.1) is 0 Å². The Hall–Kier alpha value is -2.95. The molecule has 4 rings (SSSR count). The van der Waals surface area contributed by atoms with Crippen LogP contribution in [0.2, 0.25) is 5.02 Å². The zero-order valence-electron chi connectivity index (χ0n) is 15.4. The van der Waals surface area contributed by atoms with E-state index in [1.165, 1.54) is 0 Å². The minimum absolute atomic E-state index is 0.178. The second kappa shape index (κ2) is 7.97. The zero-order valence-corrected chi connectivity index (χ0v) is 16.1. The Balaban J connectivity index is 1.78. The van der Waals surface area contributed by atoms with E-state index in [1.807, 2.05) is 66.7 Å². The lowest BCUT2D eigenvalue weighted by molar-refractivity contribution is 0.379. The number of para-hydroxylation sites is 2. The highest BCUT2D eigenvalue weighted by atomic mass is 35.5. The number of halogens is 1. The van der Waals surface area contributed by atoms with E-state index in [4.69, 9.17) is 16.3 Å². The van der Waals surface area contributed by atoms with Crippen molar-refractivity contribution in [3.8, 4) is 11.5 Å². The maximum Gasteiger partial charge on any atom is 0.125 e. The molecule has 0 saturated carbocycles. The summed E-state index contributed by atoms with van der Waals surface area (Å²) in [4.78, 5) is 0. The summed E-state index contributed by atoms with van der Waals surface area (Å²) in [6, 6.07) is 22.8. The van der Waals surface area contributed by atoms with Gasteiger partial charge in [0.15, 0.2) is 0 Å². The van der Waals surface area contributed by atoms with Gasteiger partial charge >= 0.3 is 0 Å². The molecule has 5 heteroatoms. The van der Waals surface area contributed by atoms with Crippen molar-refractivity contribution in [1.82, 2.24) is 10.6 Å². The van der Waals surface area contributed by atoms with Crippen LogP contribution < -0.4 is 15.4 Å². The van der Waals surface area contributed by atoms with Gasteiger partial charge in [0.2, 0.25) is 0 Å². The first-order valence-corrected chi connectivity index (χ1v) is 9.44. The molecule has 3 aromatic rings. The highest BCUT2D eigenvalue weighted by Crippen LogP contribution is 2.35. The van der Waals surface area contributed by atoms with Crippen molar-refractivity contribution in [1.29, 1.82) is 0 Å². The first-order valence-electron chi connectivity index (χ1n) is 9.07. The summed E-state index contributed by atoms with van der Waals surface area (Å²) >= 11 is 6.06. The van der Waals surface area contributed by atoms with Crippen LogP contribution in [0.25, 0.3) is 5.70 Å². The maximum atomic E-state index is 10.4. The van der Waals surface area contributed by atoms with Gasteiger partial charge in [-0.05, 0) is 35.9 Å². The molecule has 0 aromatic heterocycles. The van der Waals surface area contributed by atoms with Gasteiger partial charge in [-0.25, -0.2) is 0 Å². The molecule has 0 aliphatic carbocycles. The normalized spacial score (nSPS) is 18.9. The van der Waals surface area contributed by atoms with Gasteiger partial charge in [0.1, 0.15) is 17.7 Å². The van der Waals surface area contributed by atoms with E-state index in [0.29, 0.717) is 5.02 Å². The van der Waals surface area contributed by atoms with E-state index in [9.17, 15) is 5.11 Å². The highest BCUT2D eigenvalue weighted by Gasteiger charge is 2.27. The van der Waals surface area contributed by atoms with Crippen LogP contribution in [-0.4, -0.2) is 12.2 Å². The molecule has 2 unspecified atom stereocenters. The SMILES string of the molecule is COc1ccccc1C1NC(c2ccc(Cl)cc2)=CC(c2ccccc2O)N1. The summed E-state index contributed by atoms with van der Waals surface area (Å²) in [5.41, 5.74) is 3.78. The lowest BCUT2D eigenvalue weighted by Crippen LogP contribution is -2.39. The average molecular weight is 393 g/mol. The van der Waals surface area contributed by atoms with Gasteiger partial charge in [-0.2, -0.15) is 0 Å². The van der Waals surface area contributed by atoms with Crippen LogP contribution in [0.15, 0.2) is 78.9 Å². The van der Waals surface area contributed by atoms with Crippen molar-refractivity contribution in [2.75, 3.05) is 7.11 Å². The first-order chi connectivity index (χ1) is 13.7. The van der Waals surface area contributed by atoms with Gasteiger partial charge in [-0.15, -0.1) is 0 Å². The molecule has 0 radical (unpaired) electrons. The molecule has 3 aromatic carbocycles. The molecule has 142 valence electrons. The summed E-state index contributed by atoms with van der Waals surface area (Å²) in [6.45, 7) is 0. The highest BCUT2D eigenvalue weighted by molar-refractivity contribution is 6.30. The van der Waals surface area contributed by atoms with Gasteiger partial charge in [0.25, 0.3) is 0 Å². The second-order valence-electron chi connectivity index (χ2n) is 6.61. The van der Waals surface area contributed by atoms with Gasteiger partial charge in [0, 0.05) is 21.8 Å². The van der Waals surface area contributed by atoms with E-state index in [-0.39, 0.29) is 18.0 Å². The lowest BCUT2D eigenvalue weighted by Gasteiger charge is -2.34. The molecule has 0 bridgehead atoms. The van der Waals surface area contributed by atoms with Crippen LogP contribution in [0.4, 0.5) is 0 Å². The molecule has 0 spiro atoms. The molecule has 4 nitrogen and oxygen atoms in total. The van der Waals surface area contributed by atoms with Crippen molar-refractivity contribution >= 4 is 17.3 Å². The van der Waals surface area contributed by atoms with Crippen LogP contribution in [0.3, 0.4) is 0 Å². The van der Waals surface area contributed by atoms with Crippen molar-refractivity contribution in [3.63, 3.8) is 0 Å². The Morgan fingerprint density at radius 2 is 1.57 bits per heavy atom. The van der Waals surface area contributed by atoms with Gasteiger partial charge in [-0.1, -0.05) is 60.1 Å². The van der Waals surface area contributed by atoms with E-state index in [1.54, 1.807) is 13.2 Å². The molecular weight excluding hydrogens is 372 g/mol. The fraction of sp³-hybridized carbons (Fsp3) is 0.130. The van der Waals surface area contributed by atoms with Crippen molar-refractivity contribution in [2.45, 2.75) is 12.2 Å². The quantitative estimate of drug-likeness (QED) is 0.583. The van der Waals surface area contributed by atoms with Gasteiger partial charge in [0.05, 0.1) is 13.2 Å². The Labute approximate surface area is 169 Å². The summed E-state index contributed by atoms with van der Waals surface area (Å²) < 4.78 is 5.55. The number of benzene rings is 3. The van der Waals surface area contributed by atoms with Crippen LogP contribution in [0.1, 0.15) is 28.9 Å². The standard InChI is InChI=1S/C23H21ClN2O2/c1-28-22-9-5-3-7-18(22)23-25-19(15-10-12-16(24)13-11-15)14-20(26-23)17-6-2-4-8-21(17)27/h2-14,20,23,25-27H,1H3. The smallest absolute Gasteiger partial charge is 0.125 e. The minimum atomic E-state index is -0.198. The predicted octanol–water partition coefficient (Wildman–Crippen LogP) is 5.03. The summed E-state index contributed by atoms with van der Waals surface area (Å²) in [6.07, 6.45) is 1.88. The second-order valence-corrected chi connectivity index (χ2v) is 7.05. The van der Waals surface area contributed by atoms with E-state index in [0.717, 1.165) is 28.1 Å². The Morgan fingerprint density at radius 3 is 2.29 bits per heavy atom. The summed E-state index contributed by atoms with van der Waals surface area (Å²) in [5, 5.41) is 18.2. The number of aromatic hydroxyl groups is 1. The number of hydrogen-bond donors (Lipinski definition) is 3. The average Bonchev–Trinajstić information content (AvgIpc) is 2.74. The molecule has 0 amide bonds. The third-order valence-corrected chi connectivity index (χ3v) is 5.11. The summed E-state index contributed by atoms with van der Waals surface area (Å²) in [5.74, 6) is 1.05. The number of phenols is 1. The van der Waals surface area contributed by atoms with E-state index in [2.05, 4.69) is 16.7 Å². The molecule has 3 N–H and O–H groups in total. The molecule has 1 aliphatic rings. The van der Waals surface area contributed by atoms with Crippen LogP contribution in [-0.2, 0) is 0 Å². The number of nitrogens with one attached hydrogen (secondary N) is 2. The molecule has 1 aliphatic heterocycles. The van der Waals surface area contributed by atoms with Crippen molar-refractivity contribution in [2.24, 2.45) is 0 Å². The van der Waals surface area contributed by atoms with Crippen LogP contribution >= 0.6 is 11.6 Å². The van der Waals surface area contributed by atoms with Crippen LogP contribution in [0.5, 0.6) is 11.5 Å². The van der Waals surface area contributed by atoms with E-state index < -0.39 is 0 Å².